The van der Waals surface area contributed by atoms with Gasteiger partial charge in [-0.2, -0.15) is 0 Å². The molecule has 1 aliphatic heterocycles. The Morgan fingerprint density at radius 3 is 3.00 bits per heavy atom. The molecule has 0 saturated carbocycles. The van der Waals surface area contributed by atoms with Gasteiger partial charge in [0.2, 0.25) is 5.91 Å². The summed E-state index contributed by atoms with van der Waals surface area (Å²) in [4.78, 5) is 26.5. The summed E-state index contributed by atoms with van der Waals surface area (Å²) in [5.74, 6) is -0.0579. The van der Waals surface area contributed by atoms with Crippen LogP contribution < -0.4 is 10.2 Å². The van der Waals surface area contributed by atoms with Crippen LogP contribution in [0.5, 0.6) is 0 Å². The van der Waals surface area contributed by atoms with Crippen molar-refractivity contribution in [1.29, 1.82) is 0 Å². The summed E-state index contributed by atoms with van der Waals surface area (Å²) in [5, 5.41) is 4.78. The van der Waals surface area contributed by atoms with Gasteiger partial charge < -0.3 is 10.1 Å². The van der Waals surface area contributed by atoms with Crippen molar-refractivity contribution in [2.45, 2.75) is 19.4 Å². The van der Waals surface area contributed by atoms with Crippen LogP contribution in [0.2, 0.25) is 0 Å². The van der Waals surface area contributed by atoms with Crippen molar-refractivity contribution in [3.05, 3.63) is 52.2 Å². The predicted molar refractivity (Wildman–Crippen MR) is 89.8 cm³/mol. The maximum atomic E-state index is 12.0. The van der Waals surface area contributed by atoms with Gasteiger partial charge in [-0.25, -0.2) is 4.79 Å². The molecule has 1 aromatic heterocycles. The van der Waals surface area contributed by atoms with Gasteiger partial charge in [0.05, 0.1) is 19.5 Å². The van der Waals surface area contributed by atoms with Gasteiger partial charge in [-0.05, 0) is 36.1 Å². The zero-order valence-corrected chi connectivity index (χ0v) is 13.6. The van der Waals surface area contributed by atoms with Crippen molar-refractivity contribution in [3.63, 3.8) is 0 Å². The summed E-state index contributed by atoms with van der Waals surface area (Å²) < 4.78 is 5.33. The zero-order valence-electron chi connectivity index (χ0n) is 12.8. The molecule has 1 atom stereocenters. The number of hydrogen-bond acceptors (Lipinski definition) is 4. The van der Waals surface area contributed by atoms with Crippen molar-refractivity contribution >= 4 is 29.0 Å². The van der Waals surface area contributed by atoms with Crippen LogP contribution in [-0.4, -0.2) is 31.2 Å². The highest BCUT2D eigenvalue weighted by atomic mass is 32.1. The molecule has 0 radical (unpaired) electrons. The van der Waals surface area contributed by atoms with E-state index in [2.05, 4.69) is 5.32 Å². The topological polar surface area (TPSA) is 58.6 Å². The standard InChI is InChI=1S/C17H18N2O3S/c1-12-4-2-5-13(8-12)19-11-14(22-17(19)21)10-18-16(20)9-15-6-3-7-23-15/h2-8,14H,9-11H2,1H3,(H,18,20). The van der Waals surface area contributed by atoms with E-state index >= 15 is 0 Å². The number of anilines is 1. The SMILES string of the molecule is Cc1cccc(N2CC(CNC(=O)Cc3cccs3)OC2=O)c1. The number of carbonyl (C=O) groups excluding carboxylic acids is 2. The smallest absolute Gasteiger partial charge is 0.414 e. The molecule has 0 aliphatic carbocycles. The summed E-state index contributed by atoms with van der Waals surface area (Å²) in [6.07, 6.45) is -0.330. The first-order valence-corrected chi connectivity index (χ1v) is 8.33. The van der Waals surface area contributed by atoms with Crippen LogP contribution in [0.25, 0.3) is 0 Å². The minimum absolute atomic E-state index is 0.0579. The first-order valence-electron chi connectivity index (χ1n) is 7.46. The summed E-state index contributed by atoms with van der Waals surface area (Å²) in [6.45, 7) is 2.76. The fraction of sp³-hybridized carbons (Fsp3) is 0.294. The average Bonchev–Trinajstić information content (AvgIpc) is 3.15. The molecule has 0 spiro atoms. The van der Waals surface area contributed by atoms with Crippen LogP contribution in [0.3, 0.4) is 0 Å². The van der Waals surface area contributed by atoms with E-state index in [9.17, 15) is 9.59 Å². The molecule has 2 aromatic rings. The summed E-state index contributed by atoms with van der Waals surface area (Å²) in [6, 6.07) is 11.6. The molecule has 2 amide bonds. The van der Waals surface area contributed by atoms with E-state index in [4.69, 9.17) is 4.74 Å². The number of thiophene rings is 1. The van der Waals surface area contributed by atoms with Gasteiger partial charge in [0.25, 0.3) is 0 Å². The minimum atomic E-state index is -0.367. The zero-order chi connectivity index (χ0) is 16.2. The van der Waals surface area contributed by atoms with Gasteiger partial charge in [0, 0.05) is 10.6 Å². The molecule has 2 heterocycles. The minimum Gasteiger partial charge on any atom is -0.442 e. The second kappa shape index (κ2) is 6.83. The lowest BCUT2D eigenvalue weighted by Gasteiger charge is -2.13. The van der Waals surface area contributed by atoms with E-state index in [1.54, 1.807) is 16.2 Å². The molecule has 6 heteroatoms. The Bertz CT molecular complexity index is 700. The van der Waals surface area contributed by atoms with Gasteiger partial charge in [-0.3, -0.25) is 9.69 Å². The van der Waals surface area contributed by atoms with Crippen LogP contribution in [0.4, 0.5) is 10.5 Å². The van der Waals surface area contributed by atoms with Crippen LogP contribution in [0.15, 0.2) is 41.8 Å². The van der Waals surface area contributed by atoms with Crippen molar-refractivity contribution in [1.82, 2.24) is 5.32 Å². The fourth-order valence-electron chi connectivity index (χ4n) is 2.50. The van der Waals surface area contributed by atoms with Crippen LogP contribution >= 0.6 is 11.3 Å². The maximum absolute atomic E-state index is 12.0. The van der Waals surface area contributed by atoms with Crippen LogP contribution in [-0.2, 0) is 16.0 Å². The molecule has 3 rings (SSSR count). The molecule has 1 fully saturated rings. The van der Waals surface area contributed by atoms with Crippen LogP contribution in [0.1, 0.15) is 10.4 Å². The molecule has 0 bridgehead atoms. The molecule has 120 valence electrons. The third kappa shape index (κ3) is 3.90. The van der Waals surface area contributed by atoms with Crippen molar-refractivity contribution in [2.75, 3.05) is 18.0 Å². The molecular formula is C17H18N2O3S. The van der Waals surface area contributed by atoms with E-state index in [1.165, 1.54) is 0 Å². The second-order valence-corrected chi connectivity index (χ2v) is 6.55. The number of benzene rings is 1. The van der Waals surface area contributed by atoms with Gasteiger partial charge in [-0.15, -0.1) is 11.3 Å². The Morgan fingerprint density at radius 2 is 2.26 bits per heavy atom. The molecule has 5 nitrogen and oxygen atoms in total. The number of cyclic esters (lactones) is 1. The number of amides is 2. The molecule has 1 saturated heterocycles. The number of ether oxygens (including phenoxy) is 1. The molecule has 1 unspecified atom stereocenters. The first kappa shape index (κ1) is 15.6. The summed E-state index contributed by atoms with van der Waals surface area (Å²) >= 11 is 1.55. The van der Waals surface area contributed by atoms with Crippen molar-refractivity contribution in [3.8, 4) is 0 Å². The van der Waals surface area contributed by atoms with Crippen molar-refractivity contribution in [2.24, 2.45) is 0 Å². The van der Waals surface area contributed by atoms with E-state index < -0.39 is 0 Å². The molecule has 1 aromatic carbocycles. The third-order valence-electron chi connectivity index (χ3n) is 3.63. The number of rotatable bonds is 5. The normalized spacial score (nSPS) is 17.2. The highest BCUT2D eigenvalue weighted by Crippen LogP contribution is 2.22. The van der Waals surface area contributed by atoms with E-state index in [-0.39, 0.29) is 18.1 Å². The Balaban J connectivity index is 1.52. The largest absolute Gasteiger partial charge is 0.442 e. The van der Waals surface area contributed by atoms with E-state index in [1.807, 2.05) is 48.7 Å². The lowest BCUT2D eigenvalue weighted by Crippen LogP contribution is -2.35. The quantitative estimate of drug-likeness (QED) is 0.917. The van der Waals surface area contributed by atoms with Crippen LogP contribution in [0, 0.1) is 6.92 Å². The first-order chi connectivity index (χ1) is 11.1. The lowest BCUT2D eigenvalue weighted by molar-refractivity contribution is -0.120. The predicted octanol–water partition coefficient (Wildman–Crippen LogP) is 2.74. The number of aryl methyl sites for hydroxylation is 1. The Kier molecular flexibility index (Phi) is 4.62. The van der Waals surface area contributed by atoms with Gasteiger partial charge in [0.1, 0.15) is 6.10 Å². The lowest BCUT2D eigenvalue weighted by atomic mass is 10.2. The van der Waals surface area contributed by atoms with Gasteiger partial charge >= 0.3 is 6.09 Å². The summed E-state index contributed by atoms with van der Waals surface area (Å²) in [7, 11) is 0. The Labute approximate surface area is 138 Å². The third-order valence-corrected chi connectivity index (χ3v) is 4.51. The highest BCUT2D eigenvalue weighted by molar-refractivity contribution is 7.10. The van der Waals surface area contributed by atoms with Crippen molar-refractivity contribution < 1.29 is 14.3 Å². The number of carbonyl (C=O) groups is 2. The molecular weight excluding hydrogens is 312 g/mol. The fourth-order valence-corrected chi connectivity index (χ4v) is 3.20. The number of nitrogens with zero attached hydrogens (tertiary/aromatic N) is 1. The number of nitrogens with one attached hydrogen (secondary N) is 1. The van der Waals surface area contributed by atoms with Gasteiger partial charge in [0.15, 0.2) is 0 Å². The molecule has 1 N–H and O–H groups in total. The monoisotopic (exact) mass is 330 g/mol. The summed E-state index contributed by atoms with van der Waals surface area (Å²) in [5.41, 5.74) is 1.91. The van der Waals surface area contributed by atoms with E-state index in [0.717, 1.165) is 16.1 Å². The maximum Gasteiger partial charge on any atom is 0.414 e. The van der Waals surface area contributed by atoms with E-state index in [0.29, 0.717) is 19.5 Å². The number of hydrogen-bond donors (Lipinski definition) is 1. The Morgan fingerprint density at radius 1 is 1.39 bits per heavy atom. The second-order valence-electron chi connectivity index (χ2n) is 5.52. The highest BCUT2D eigenvalue weighted by Gasteiger charge is 2.32. The Hall–Kier alpha value is -2.34. The molecule has 23 heavy (non-hydrogen) atoms. The molecule has 1 aliphatic rings. The van der Waals surface area contributed by atoms with Gasteiger partial charge in [-0.1, -0.05) is 18.2 Å². The average molecular weight is 330 g/mol.